The zero-order valence-electron chi connectivity index (χ0n) is 8.83. The van der Waals surface area contributed by atoms with Gasteiger partial charge in [0.2, 0.25) is 0 Å². The summed E-state index contributed by atoms with van der Waals surface area (Å²) in [5.41, 5.74) is 1.23. The van der Waals surface area contributed by atoms with Crippen molar-refractivity contribution in [3.8, 4) is 11.8 Å². The normalized spacial score (nSPS) is 10.1. The lowest BCUT2D eigenvalue weighted by Gasteiger charge is -2.08. The van der Waals surface area contributed by atoms with E-state index in [4.69, 9.17) is 10.00 Å². The molecule has 0 amide bonds. The summed E-state index contributed by atoms with van der Waals surface area (Å²) in [6, 6.07) is 12.1. The molecule has 0 bridgehead atoms. The molecule has 0 spiro atoms. The molecule has 2 aromatic rings. The minimum atomic E-state index is 0.0654. The van der Waals surface area contributed by atoms with E-state index in [1.165, 1.54) is 5.56 Å². The van der Waals surface area contributed by atoms with Crippen molar-refractivity contribution in [2.45, 2.75) is 6.92 Å². The van der Waals surface area contributed by atoms with Crippen LogP contribution in [0.3, 0.4) is 0 Å². The van der Waals surface area contributed by atoms with Crippen LogP contribution in [0, 0.1) is 18.3 Å². The molecule has 0 aliphatic carbocycles. The fraction of sp³-hybridized carbons (Fsp3) is 0.154. The molecule has 0 atom stereocenters. The molecule has 2 rings (SSSR count). The van der Waals surface area contributed by atoms with Crippen molar-refractivity contribution >= 4 is 26.7 Å². The average molecular weight is 276 g/mol. The number of fused-ring (bicyclic) bond motifs is 1. The zero-order chi connectivity index (χ0) is 11.5. The van der Waals surface area contributed by atoms with Crippen LogP contribution in [0.4, 0.5) is 0 Å². The molecule has 3 heteroatoms. The Morgan fingerprint density at radius 1 is 1.31 bits per heavy atom. The van der Waals surface area contributed by atoms with Crippen LogP contribution in [0.5, 0.6) is 5.75 Å². The second-order valence-corrected chi connectivity index (χ2v) is 4.34. The average Bonchev–Trinajstić information content (AvgIpc) is 2.28. The molecule has 0 aliphatic rings. The van der Waals surface area contributed by atoms with E-state index in [1.54, 1.807) is 0 Å². The quantitative estimate of drug-likeness (QED) is 0.835. The summed E-state index contributed by atoms with van der Waals surface area (Å²) in [6.07, 6.45) is 0. The van der Waals surface area contributed by atoms with Crippen LogP contribution in [0.15, 0.2) is 34.8 Å². The third-order valence-corrected chi connectivity index (χ3v) is 3.18. The van der Waals surface area contributed by atoms with Crippen LogP contribution in [0.25, 0.3) is 10.8 Å². The first kappa shape index (κ1) is 11.0. The molecule has 0 radical (unpaired) electrons. The molecular weight excluding hydrogens is 266 g/mol. The van der Waals surface area contributed by atoms with Crippen molar-refractivity contribution in [2.75, 3.05) is 6.61 Å². The van der Waals surface area contributed by atoms with Gasteiger partial charge in [-0.2, -0.15) is 5.26 Å². The number of hydrogen-bond donors (Lipinski definition) is 0. The maximum atomic E-state index is 8.48. The molecular formula is C13H10BrNO. The number of ether oxygens (including phenoxy) is 1. The highest BCUT2D eigenvalue weighted by molar-refractivity contribution is 9.10. The summed E-state index contributed by atoms with van der Waals surface area (Å²) in [6.45, 7) is 2.13. The highest BCUT2D eigenvalue weighted by atomic mass is 79.9. The van der Waals surface area contributed by atoms with E-state index < -0.39 is 0 Å². The molecule has 0 aliphatic heterocycles. The Labute approximate surface area is 103 Å². The van der Waals surface area contributed by atoms with Crippen molar-refractivity contribution in [1.29, 1.82) is 5.26 Å². The second-order valence-electron chi connectivity index (χ2n) is 3.55. The standard InChI is InChI=1S/C13H10BrNO/c1-9-2-4-11-10(8-9)3-5-12(13(11)14)16-7-6-15/h2-5,8H,7H2,1H3. The van der Waals surface area contributed by atoms with Gasteiger partial charge in [0.1, 0.15) is 11.8 Å². The maximum Gasteiger partial charge on any atom is 0.174 e. The number of benzene rings is 2. The van der Waals surface area contributed by atoms with Crippen LogP contribution in [0.1, 0.15) is 5.56 Å². The molecule has 0 saturated carbocycles. The van der Waals surface area contributed by atoms with E-state index in [0.717, 1.165) is 15.2 Å². The summed E-state index contributed by atoms with van der Waals surface area (Å²) in [7, 11) is 0. The highest BCUT2D eigenvalue weighted by Crippen LogP contribution is 2.33. The summed E-state index contributed by atoms with van der Waals surface area (Å²) in [5.74, 6) is 0.706. The lowest BCUT2D eigenvalue weighted by molar-refractivity contribution is 0.366. The smallest absolute Gasteiger partial charge is 0.174 e. The van der Waals surface area contributed by atoms with Crippen LogP contribution >= 0.6 is 15.9 Å². The Morgan fingerprint density at radius 2 is 2.12 bits per heavy atom. The molecule has 2 nitrogen and oxygen atoms in total. The molecule has 0 aromatic heterocycles. The number of hydrogen-bond acceptors (Lipinski definition) is 2. The summed E-state index contributed by atoms with van der Waals surface area (Å²) in [4.78, 5) is 0. The van der Waals surface area contributed by atoms with Crippen LogP contribution < -0.4 is 4.74 Å². The Kier molecular flexibility index (Phi) is 3.12. The molecule has 0 fully saturated rings. The minimum Gasteiger partial charge on any atom is -0.478 e. The molecule has 80 valence electrons. The number of halogens is 1. The van der Waals surface area contributed by atoms with Gasteiger partial charge in [-0.05, 0) is 39.7 Å². The van der Waals surface area contributed by atoms with Gasteiger partial charge in [0.05, 0.1) is 4.47 Å². The molecule has 0 unspecified atom stereocenters. The number of rotatable bonds is 2. The fourth-order valence-corrected chi connectivity index (χ4v) is 2.22. The van der Waals surface area contributed by atoms with Gasteiger partial charge in [-0.25, -0.2) is 0 Å². The lowest BCUT2D eigenvalue weighted by atomic mass is 10.1. The maximum absolute atomic E-state index is 8.48. The van der Waals surface area contributed by atoms with Crippen molar-refractivity contribution < 1.29 is 4.74 Å². The summed E-state index contributed by atoms with van der Waals surface area (Å²) < 4.78 is 6.22. The first-order valence-corrected chi connectivity index (χ1v) is 5.70. The van der Waals surface area contributed by atoms with Gasteiger partial charge in [0, 0.05) is 0 Å². The molecule has 0 heterocycles. The first-order chi connectivity index (χ1) is 7.72. The third kappa shape index (κ3) is 2.02. The fourth-order valence-electron chi connectivity index (χ4n) is 1.61. The Morgan fingerprint density at radius 3 is 2.88 bits per heavy atom. The van der Waals surface area contributed by atoms with Crippen molar-refractivity contribution in [3.05, 3.63) is 40.4 Å². The van der Waals surface area contributed by atoms with Crippen LogP contribution in [0.2, 0.25) is 0 Å². The van der Waals surface area contributed by atoms with Crippen molar-refractivity contribution in [2.24, 2.45) is 0 Å². The van der Waals surface area contributed by atoms with E-state index in [0.29, 0.717) is 5.75 Å². The Bertz CT molecular complexity index is 572. The predicted octanol–water partition coefficient (Wildman–Crippen LogP) is 3.81. The summed E-state index contributed by atoms with van der Waals surface area (Å²) in [5, 5.41) is 10.7. The monoisotopic (exact) mass is 275 g/mol. The van der Waals surface area contributed by atoms with Gasteiger partial charge >= 0.3 is 0 Å². The third-order valence-electron chi connectivity index (χ3n) is 2.37. The topological polar surface area (TPSA) is 33.0 Å². The SMILES string of the molecule is Cc1ccc2c(Br)c(OCC#N)ccc2c1. The molecule has 0 N–H and O–H groups in total. The molecule has 0 saturated heterocycles. The van der Waals surface area contributed by atoms with E-state index >= 15 is 0 Å². The number of aryl methyl sites for hydroxylation is 1. The lowest BCUT2D eigenvalue weighted by Crippen LogP contribution is -1.94. The Hall–Kier alpha value is -1.53. The van der Waals surface area contributed by atoms with E-state index in [2.05, 4.69) is 35.0 Å². The van der Waals surface area contributed by atoms with E-state index in [1.807, 2.05) is 24.3 Å². The van der Waals surface area contributed by atoms with Crippen LogP contribution in [-0.4, -0.2) is 6.61 Å². The number of nitriles is 1. The van der Waals surface area contributed by atoms with Gasteiger partial charge in [-0.15, -0.1) is 0 Å². The van der Waals surface area contributed by atoms with Crippen molar-refractivity contribution in [3.63, 3.8) is 0 Å². The van der Waals surface area contributed by atoms with Crippen molar-refractivity contribution in [1.82, 2.24) is 0 Å². The second kappa shape index (κ2) is 4.54. The molecule has 16 heavy (non-hydrogen) atoms. The van der Waals surface area contributed by atoms with Gasteiger partial charge in [-0.1, -0.05) is 29.8 Å². The largest absolute Gasteiger partial charge is 0.478 e. The van der Waals surface area contributed by atoms with Crippen LogP contribution in [-0.2, 0) is 0 Å². The minimum absolute atomic E-state index is 0.0654. The highest BCUT2D eigenvalue weighted by Gasteiger charge is 2.05. The molecule has 2 aromatic carbocycles. The van der Waals surface area contributed by atoms with E-state index in [9.17, 15) is 0 Å². The van der Waals surface area contributed by atoms with Gasteiger partial charge in [0.25, 0.3) is 0 Å². The van der Waals surface area contributed by atoms with Gasteiger partial charge in [0.15, 0.2) is 6.61 Å². The first-order valence-electron chi connectivity index (χ1n) is 4.91. The van der Waals surface area contributed by atoms with Gasteiger partial charge < -0.3 is 4.74 Å². The summed E-state index contributed by atoms with van der Waals surface area (Å²) >= 11 is 3.50. The zero-order valence-corrected chi connectivity index (χ0v) is 10.4. The predicted molar refractivity (Wildman–Crippen MR) is 67.5 cm³/mol. The van der Waals surface area contributed by atoms with E-state index in [-0.39, 0.29) is 6.61 Å². The Balaban J connectivity index is 2.53. The van der Waals surface area contributed by atoms with Gasteiger partial charge in [-0.3, -0.25) is 0 Å². The number of nitrogens with zero attached hydrogens (tertiary/aromatic N) is 1.